The van der Waals surface area contributed by atoms with Crippen LogP contribution in [0.3, 0.4) is 0 Å². The van der Waals surface area contributed by atoms with Crippen molar-refractivity contribution in [3.05, 3.63) is 28.3 Å². The van der Waals surface area contributed by atoms with Crippen LogP contribution in [0, 0.1) is 13.8 Å². The summed E-state index contributed by atoms with van der Waals surface area (Å²) in [6.45, 7) is 6.13. The molecule has 0 spiro atoms. The molecule has 0 saturated heterocycles. The molecule has 3 nitrogen and oxygen atoms in total. The molecule has 4 heteroatoms. The largest absolute Gasteiger partial charge is 0.383 e. The molecule has 2 rings (SSSR count). The second-order valence-corrected chi connectivity index (χ2v) is 5.05. The summed E-state index contributed by atoms with van der Waals surface area (Å²) in [5, 5.41) is 0. The van der Waals surface area contributed by atoms with E-state index in [1.807, 2.05) is 13.0 Å². The van der Waals surface area contributed by atoms with Crippen LogP contribution in [0.2, 0.25) is 0 Å². The maximum absolute atomic E-state index is 5.93. The first-order valence-corrected chi connectivity index (χ1v) is 6.13. The highest BCUT2D eigenvalue weighted by atomic mass is 32.1. The summed E-state index contributed by atoms with van der Waals surface area (Å²) in [7, 11) is 0. The molecular weight excluding hydrogens is 218 g/mol. The normalized spacial score (nSPS) is 10.7. The Labute approximate surface area is 99.4 Å². The molecule has 2 N–H and O–H groups in total. The van der Waals surface area contributed by atoms with Gasteiger partial charge in [-0.25, -0.2) is 9.97 Å². The zero-order valence-corrected chi connectivity index (χ0v) is 10.6. The fraction of sp³-hybridized carbons (Fsp3) is 0.333. The molecular formula is C12H15N3S. The molecule has 0 aliphatic heterocycles. The number of aromatic nitrogens is 2. The molecule has 0 aliphatic carbocycles. The number of nitrogen functional groups attached to an aromatic ring is 1. The number of nitrogens with zero attached hydrogens (tertiary/aromatic N) is 2. The van der Waals surface area contributed by atoms with Crippen molar-refractivity contribution in [2.45, 2.75) is 27.2 Å². The molecule has 84 valence electrons. The van der Waals surface area contributed by atoms with Gasteiger partial charge in [0.1, 0.15) is 5.82 Å². The highest BCUT2D eigenvalue weighted by Gasteiger charge is 2.10. The second kappa shape index (κ2) is 4.22. The van der Waals surface area contributed by atoms with Crippen molar-refractivity contribution in [1.29, 1.82) is 0 Å². The Balaban J connectivity index is 2.52. The van der Waals surface area contributed by atoms with Crippen LogP contribution in [-0.2, 0) is 6.42 Å². The minimum absolute atomic E-state index is 0.607. The monoisotopic (exact) mass is 233 g/mol. The van der Waals surface area contributed by atoms with Gasteiger partial charge < -0.3 is 5.73 Å². The van der Waals surface area contributed by atoms with Crippen LogP contribution >= 0.6 is 11.3 Å². The summed E-state index contributed by atoms with van der Waals surface area (Å²) in [6.07, 6.45) is 0.876. The van der Waals surface area contributed by atoms with Gasteiger partial charge in [-0.15, -0.1) is 11.3 Å². The fourth-order valence-corrected chi connectivity index (χ4v) is 2.52. The maximum Gasteiger partial charge on any atom is 0.171 e. The van der Waals surface area contributed by atoms with Crippen molar-refractivity contribution < 1.29 is 0 Å². The molecule has 0 unspecified atom stereocenters. The Bertz CT molecular complexity index is 494. The highest BCUT2D eigenvalue weighted by Crippen LogP contribution is 2.26. The molecule has 0 saturated carbocycles. The first-order valence-electron chi connectivity index (χ1n) is 5.31. The zero-order valence-electron chi connectivity index (χ0n) is 9.74. The van der Waals surface area contributed by atoms with Crippen LogP contribution in [0.1, 0.15) is 23.1 Å². The third kappa shape index (κ3) is 1.93. The SMILES string of the molecule is CCc1c(C)nc(-c2ccc(C)s2)nc1N. The van der Waals surface area contributed by atoms with E-state index in [1.54, 1.807) is 11.3 Å². The predicted octanol–water partition coefficient (Wildman–Crippen LogP) is 2.97. The van der Waals surface area contributed by atoms with E-state index >= 15 is 0 Å². The number of nitrogens with two attached hydrogens (primary N) is 1. The number of rotatable bonds is 2. The van der Waals surface area contributed by atoms with Crippen LogP contribution in [0.15, 0.2) is 12.1 Å². The molecule has 0 aliphatic rings. The van der Waals surface area contributed by atoms with Crippen molar-refractivity contribution in [3.63, 3.8) is 0 Å². The van der Waals surface area contributed by atoms with E-state index in [2.05, 4.69) is 29.9 Å². The van der Waals surface area contributed by atoms with Gasteiger partial charge >= 0.3 is 0 Å². The van der Waals surface area contributed by atoms with Crippen molar-refractivity contribution in [2.24, 2.45) is 0 Å². The quantitative estimate of drug-likeness (QED) is 0.867. The number of thiophene rings is 1. The van der Waals surface area contributed by atoms with Crippen molar-refractivity contribution in [1.82, 2.24) is 9.97 Å². The molecule has 0 aromatic carbocycles. The lowest BCUT2D eigenvalue weighted by Crippen LogP contribution is -2.03. The Morgan fingerprint density at radius 3 is 2.50 bits per heavy atom. The zero-order chi connectivity index (χ0) is 11.7. The maximum atomic E-state index is 5.93. The van der Waals surface area contributed by atoms with Crippen molar-refractivity contribution >= 4 is 17.2 Å². The lowest BCUT2D eigenvalue weighted by Gasteiger charge is -2.07. The van der Waals surface area contributed by atoms with Crippen LogP contribution < -0.4 is 5.73 Å². The molecule has 0 fully saturated rings. The minimum Gasteiger partial charge on any atom is -0.383 e. The number of hydrogen-bond acceptors (Lipinski definition) is 4. The summed E-state index contributed by atoms with van der Waals surface area (Å²) < 4.78 is 0. The molecule has 2 aromatic heterocycles. The summed E-state index contributed by atoms with van der Waals surface area (Å²) in [5.41, 5.74) is 7.97. The van der Waals surface area contributed by atoms with Gasteiger partial charge in [0, 0.05) is 16.1 Å². The van der Waals surface area contributed by atoms with E-state index in [1.165, 1.54) is 4.88 Å². The van der Waals surface area contributed by atoms with Gasteiger partial charge in [-0.1, -0.05) is 6.92 Å². The minimum atomic E-state index is 0.607. The lowest BCUT2D eigenvalue weighted by atomic mass is 10.1. The number of hydrogen-bond donors (Lipinski definition) is 1. The standard InChI is InChI=1S/C12H15N3S/c1-4-9-8(3)14-12(15-11(9)13)10-6-5-7(2)16-10/h5-6H,4H2,1-3H3,(H2,13,14,15). The molecule has 0 bridgehead atoms. The summed E-state index contributed by atoms with van der Waals surface area (Å²) in [5.74, 6) is 1.35. The molecule has 0 radical (unpaired) electrons. The molecule has 2 aromatic rings. The van der Waals surface area contributed by atoms with Crippen molar-refractivity contribution in [2.75, 3.05) is 5.73 Å². The van der Waals surface area contributed by atoms with Gasteiger partial charge in [-0.05, 0) is 32.4 Å². The van der Waals surface area contributed by atoms with Crippen molar-refractivity contribution in [3.8, 4) is 10.7 Å². The summed E-state index contributed by atoms with van der Waals surface area (Å²) in [4.78, 5) is 11.2. The average molecular weight is 233 g/mol. The second-order valence-electron chi connectivity index (χ2n) is 3.76. The van der Waals surface area contributed by atoms with E-state index in [4.69, 9.17) is 5.73 Å². The Morgan fingerprint density at radius 2 is 2.00 bits per heavy atom. The van der Waals surface area contributed by atoms with Gasteiger partial charge in [0.15, 0.2) is 5.82 Å². The Hall–Kier alpha value is -1.42. The van der Waals surface area contributed by atoms with Crippen LogP contribution in [0.25, 0.3) is 10.7 Å². The van der Waals surface area contributed by atoms with Crippen LogP contribution in [-0.4, -0.2) is 9.97 Å². The van der Waals surface area contributed by atoms with E-state index in [0.29, 0.717) is 5.82 Å². The third-order valence-corrected chi connectivity index (χ3v) is 3.56. The van der Waals surface area contributed by atoms with Gasteiger partial charge in [-0.2, -0.15) is 0 Å². The summed E-state index contributed by atoms with van der Waals surface area (Å²) >= 11 is 1.69. The Kier molecular flexibility index (Phi) is 2.92. The molecule has 0 atom stereocenters. The predicted molar refractivity (Wildman–Crippen MR) is 68.6 cm³/mol. The highest BCUT2D eigenvalue weighted by molar-refractivity contribution is 7.15. The summed E-state index contributed by atoms with van der Waals surface area (Å²) in [6, 6.07) is 4.11. The molecule has 16 heavy (non-hydrogen) atoms. The van der Waals surface area contributed by atoms with Gasteiger partial charge in [0.2, 0.25) is 0 Å². The van der Waals surface area contributed by atoms with Crippen LogP contribution in [0.4, 0.5) is 5.82 Å². The number of anilines is 1. The number of aryl methyl sites for hydroxylation is 2. The smallest absolute Gasteiger partial charge is 0.171 e. The van der Waals surface area contributed by atoms with E-state index in [-0.39, 0.29) is 0 Å². The van der Waals surface area contributed by atoms with Gasteiger partial charge in [0.25, 0.3) is 0 Å². The molecule has 0 amide bonds. The lowest BCUT2D eigenvalue weighted by molar-refractivity contribution is 1.01. The molecule has 2 heterocycles. The van der Waals surface area contributed by atoms with Gasteiger partial charge in [0.05, 0.1) is 4.88 Å². The first-order chi connectivity index (χ1) is 7.61. The average Bonchev–Trinajstić information content (AvgIpc) is 2.64. The van der Waals surface area contributed by atoms with E-state index in [0.717, 1.165) is 28.4 Å². The topological polar surface area (TPSA) is 51.8 Å². The van der Waals surface area contributed by atoms with Crippen LogP contribution in [0.5, 0.6) is 0 Å². The van der Waals surface area contributed by atoms with E-state index < -0.39 is 0 Å². The Morgan fingerprint density at radius 1 is 1.25 bits per heavy atom. The third-order valence-electron chi connectivity index (χ3n) is 2.56. The van der Waals surface area contributed by atoms with Gasteiger partial charge in [-0.3, -0.25) is 0 Å². The first kappa shape index (κ1) is 11.1. The van der Waals surface area contributed by atoms with E-state index in [9.17, 15) is 0 Å². The fourth-order valence-electron chi connectivity index (χ4n) is 1.72.